The van der Waals surface area contributed by atoms with Gasteiger partial charge in [-0.25, -0.2) is 4.79 Å². The Morgan fingerprint density at radius 3 is 2.40 bits per heavy atom. The van der Waals surface area contributed by atoms with Crippen LogP contribution in [0.15, 0.2) is 27.4 Å². The third-order valence-corrected chi connectivity index (χ3v) is 3.86. The van der Waals surface area contributed by atoms with Crippen molar-refractivity contribution in [3.63, 3.8) is 0 Å². The number of benzene rings is 1. The zero-order valence-corrected chi connectivity index (χ0v) is 14.6. The average Bonchev–Trinajstić information content (AvgIpc) is 2.63. The molecule has 1 fully saturated rings. The Labute approximate surface area is 145 Å². The molecule has 0 radical (unpaired) electrons. The highest BCUT2D eigenvalue weighted by Gasteiger charge is 2.20. The fourth-order valence-electron chi connectivity index (χ4n) is 2.65. The predicted molar refractivity (Wildman–Crippen MR) is 94.5 cm³/mol. The molecule has 2 N–H and O–H groups in total. The highest BCUT2D eigenvalue weighted by atomic mass is 16.5. The van der Waals surface area contributed by atoms with Crippen molar-refractivity contribution in [3.05, 3.63) is 39.5 Å². The minimum atomic E-state index is -1.16. The topological polar surface area (TPSA) is 100 Å². The number of rotatable bonds is 3. The minimum absolute atomic E-state index is 0.0557. The average molecular weight is 349 g/mol. The van der Waals surface area contributed by atoms with Crippen molar-refractivity contribution in [2.75, 3.05) is 31.2 Å². The summed E-state index contributed by atoms with van der Waals surface area (Å²) in [6.45, 7) is 7.80. The molecule has 1 aliphatic heterocycles. The number of fused-ring (bicyclic) bond motifs is 1. The maximum absolute atomic E-state index is 12.4. The maximum atomic E-state index is 12.4. The van der Waals surface area contributed by atoms with E-state index in [1.165, 1.54) is 25.1 Å². The van der Waals surface area contributed by atoms with Gasteiger partial charge in [0.1, 0.15) is 5.58 Å². The van der Waals surface area contributed by atoms with Crippen LogP contribution in [0.2, 0.25) is 0 Å². The Hall–Kier alpha value is -2.38. The Kier molecular flexibility index (Phi) is 6.17. The van der Waals surface area contributed by atoms with Crippen LogP contribution in [0.5, 0.6) is 0 Å². The molecule has 1 aliphatic rings. The number of aliphatic hydroxyl groups is 1. The molecule has 25 heavy (non-hydrogen) atoms. The molecule has 0 amide bonds. The minimum Gasteiger partial charge on any atom is -0.478 e. The zero-order chi connectivity index (χ0) is 18.6. The molecule has 3 rings (SSSR count). The van der Waals surface area contributed by atoms with Gasteiger partial charge in [-0.15, -0.1) is 0 Å². The summed E-state index contributed by atoms with van der Waals surface area (Å²) >= 11 is 0. The second-order valence-corrected chi connectivity index (χ2v) is 5.47. The van der Waals surface area contributed by atoms with Gasteiger partial charge in [0.05, 0.1) is 30.3 Å². The van der Waals surface area contributed by atoms with Gasteiger partial charge in [-0.3, -0.25) is 4.79 Å². The number of aromatic carboxylic acids is 1. The summed E-state index contributed by atoms with van der Waals surface area (Å²) in [5, 5.41) is 19.2. The first-order chi connectivity index (χ1) is 12.0. The SMILES string of the molecule is CC.CC(O)c1cc(C(=O)O)cc2c(=O)cc(N3CCOCC3)oc12. The molecule has 0 bridgehead atoms. The molecular formula is C18H23NO6. The number of aliphatic hydroxyl groups excluding tert-OH is 1. The summed E-state index contributed by atoms with van der Waals surface area (Å²) in [5.41, 5.74) is 0.115. The summed E-state index contributed by atoms with van der Waals surface area (Å²) in [7, 11) is 0. The van der Waals surface area contributed by atoms with Gasteiger partial charge in [0, 0.05) is 24.7 Å². The third-order valence-electron chi connectivity index (χ3n) is 3.86. The van der Waals surface area contributed by atoms with Gasteiger partial charge < -0.3 is 24.3 Å². The number of hydrogen-bond acceptors (Lipinski definition) is 6. The molecule has 0 aliphatic carbocycles. The number of carboxylic acids is 1. The second-order valence-electron chi connectivity index (χ2n) is 5.47. The van der Waals surface area contributed by atoms with Gasteiger partial charge >= 0.3 is 5.97 Å². The van der Waals surface area contributed by atoms with E-state index in [4.69, 9.17) is 14.3 Å². The molecule has 1 saturated heterocycles. The van der Waals surface area contributed by atoms with E-state index >= 15 is 0 Å². The third kappa shape index (κ3) is 4.00. The molecule has 1 aromatic heterocycles. The van der Waals surface area contributed by atoms with Gasteiger partial charge in [0.2, 0.25) is 0 Å². The fourth-order valence-corrected chi connectivity index (χ4v) is 2.65. The normalized spacial score (nSPS) is 15.4. The summed E-state index contributed by atoms with van der Waals surface area (Å²) in [6.07, 6.45) is -0.958. The summed E-state index contributed by atoms with van der Waals surface area (Å²) in [6, 6.07) is 3.96. The van der Waals surface area contributed by atoms with E-state index in [9.17, 15) is 14.7 Å². The number of morpholine rings is 1. The van der Waals surface area contributed by atoms with Crippen LogP contribution in [-0.4, -0.2) is 42.5 Å². The first kappa shape index (κ1) is 19.0. The van der Waals surface area contributed by atoms with E-state index in [1.807, 2.05) is 18.7 Å². The molecule has 7 nitrogen and oxygen atoms in total. The molecule has 0 saturated carbocycles. The lowest BCUT2D eigenvalue weighted by Crippen LogP contribution is -2.36. The smallest absolute Gasteiger partial charge is 0.335 e. The molecule has 1 unspecified atom stereocenters. The fraction of sp³-hybridized carbons (Fsp3) is 0.444. The van der Waals surface area contributed by atoms with Crippen molar-refractivity contribution < 1.29 is 24.2 Å². The van der Waals surface area contributed by atoms with Gasteiger partial charge in [0.25, 0.3) is 0 Å². The second kappa shape index (κ2) is 8.13. The molecule has 2 aromatic rings. The van der Waals surface area contributed by atoms with E-state index in [0.717, 1.165) is 0 Å². The number of carboxylic acid groups (broad SMARTS) is 1. The molecule has 1 aromatic carbocycles. The molecule has 2 heterocycles. The van der Waals surface area contributed by atoms with Crippen LogP contribution in [0.1, 0.15) is 42.8 Å². The van der Waals surface area contributed by atoms with Crippen molar-refractivity contribution in [1.82, 2.24) is 0 Å². The summed E-state index contributed by atoms with van der Waals surface area (Å²) in [4.78, 5) is 25.5. The Balaban J connectivity index is 0.00000109. The standard InChI is InChI=1S/C16H17NO6.C2H6/c1-9(18)11-6-10(16(20)21)7-12-13(19)8-14(23-15(11)12)17-2-4-22-5-3-17;1-2/h6-9,18H,2-5H2,1H3,(H,20,21);1-2H3. The number of anilines is 1. The van der Waals surface area contributed by atoms with E-state index < -0.39 is 12.1 Å². The lowest BCUT2D eigenvalue weighted by atomic mass is 10.0. The molecular weight excluding hydrogens is 326 g/mol. The number of ether oxygens (including phenoxy) is 1. The zero-order valence-electron chi connectivity index (χ0n) is 14.6. The highest BCUT2D eigenvalue weighted by Crippen LogP contribution is 2.28. The lowest BCUT2D eigenvalue weighted by molar-refractivity contribution is 0.0696. The first-order valence-corrected chi connectivity index (χ1v) is 8.33. The number of hydrogen-bond donors (Lipinski definition) is 2. The highest BCUT2D eigenvalue weighted by molar-refractivity contribution is 5.94. The van der Waals surface area contributed by atoms with Gasteiger partial charge in [-0.05, 0) is 19.1 Å². The van der Waals surface area contributed by atoms with Crippen molar-refractivity contribution in [2.45, 2.75) is 26.9 Å². The lowest BCUT2D eigenvalue weighted by Gasteiger charge is -2.27. The van der Waals surface area contributed by atoms with Crippen LogP contribution in [-0.2, 0) is 4.74 Å². The van der Waals surface area contributed by atoms with Crippen molar-refractivity contribution in [3.8, 4) is 0 Å². The Morgan fingerprint density at radius 1 is 1.20 bits per heavy atom. The van der Waals surface area contributed by atoms with Crippen LogP contribution >= 0.6 is 0 Å². The van der Waals surface area contributed by atoms with Gasteiger partial charge in [0.15, 0.2) is 11.3 Å². The monoisotopic (exact) mass is 349 g/mol. The quantitative estimate of drug-likeness (QED) is 0.877. The van der Waals surface area contributed by atoms with Crippen LogP contribution in [0.3, 0.4) is 0 Å². The molecule has 136 valence electrons. The summed E-state index contributed by atoms with van der Waals surface area (Å²) < 4.78 is 11.1. The van der Waals surface area contributed by atoms with Crippen LogP contribution in [0.4, 0.5) is 5.88 Å². The Bertz CT molecular complexity index is 805. The van der Waals surface area contributed by atoms with Crippen LogP contribution < -0.4 is 10.3 Å². The van der Waals surface area contributed by atoms with Crippen LogP contribution in [0, 0.1) is 0 Å². The van der Waals surface area contributed by atoms with Crippen molar-refractivity contribution >= 4 is 22.8 Å². The van der Waals surface area contributed by atoms with E-state index in [-0.39, 0.29) is 27.5 Å². The molecule has 1 atom stereocenters. The van der Waals surface area contributed by atoms with E-state index in [1.54, 1.807) is 0 Å². The first-order valence-electron chi connectivity index (χ1n) is 8.33. The van der Waals surface area contributed by atoms with Crippen LogP contribution in [0.25, 0.3) is 11.0 Å². The van der Waals surface area contributed by atoms with E-state index in [2.05, 4.69) is 0 Å². The van der Waals surface area contributed by atoms with Crippen molar-refractivity contribution in [2.24, 2.45) is 0 Å². The molecule has 7 heteroatoms. The van der Waals surface area contributed by atoms with Gasteiger partial charge in [-0.1, -0.05) is 13.8 Å². The number of carbonyl (C=O) groups is 1. The number of nitrogens with zero attached hydrogens (tertiary/aromatic N) is 1. The van der Waals surface area contributed by atoms with E-state index in [0.29, 0.717) is 32.2 Å². The molecule has 0 spiro atoms. The van der Waals surface area contributed by atoms with Gasteiger partial charge in [-0.2, -0.15) is 0 Å². The Morgan fingerprint density at radius 2 is 1.84 bits per heavy atom. The maximum Gasteiger partial charge on any atom is 0.335 e. The predicted octanol–water partition coefficient (Wildman–Crippen LogP) is 2.41. The van der Waals surface area contributed by atoms with Crippen molar-refractivity contribution in [1.29, 1.82) is 0 Å². The summed E-state index contributed by atoms with van der Waals surface area (Å²) in [5.74, 6) is -0.763. The largest absolute Gasteiger partial charge is 0.478 e.